The van der Waals surface area contributed by atoms with E-state index in [0.717, 1.165) is 22.8 Å². The van der Waals surface area contributed by atoms with Crippen LogP contribution in [-0.4, -0.2) is 15.6 Å². The van der Waals surface area contributed by atoms with Crippen molar-refractivity contribution >= 4 is 17.6 Å². The molecule has 0 amide bonds. The average molecular weight is 454 g/mol. The SMILES string of the molecule is O=C(O)c1cc(-c2ccc(OCc3ccc(F)cc3F)cc2)cn1Cc1ccc(Cl)cc1. The minimum atomic E-state index is -1.02. The Labute approximate surface area is 188 Å². The van der Waals surface area contributed by atoms with E-state index >= 15 is 0 Å². The lowest BCUT2D eigenvalue weighted by atomic mass is 10.1. The second kappa shape index (κ2) is 9.24. The van der Waals surface area contributed by atoms with Crippen LogP contribution in [-0.2, 0) is 13.2 Å². The van der Waals surface area contributed by atoms with Crippen molar-refractivity contribution in [1.82, 2.24) is 4.57 Å². The van der Waals surface area contributed by atoms with E-state index < -0.39 is 17.6 Å². The van der Waals surface area contributed by atoms with Gasteiger partial charge in [-0.15, -0.1) is 0 Å². The van der Waals surface area contributed by atoms with Gasteiger partial charge in [0.05, 0.1) is 0 Å². The zero-order chi connectivity index (χ0) is 22.7. The van der Waals surface area contributed by atoms with E-state index in [9.17, 15) is 18.7 Å². The van der Waals surface area contributed by atoms with Gasteiger partial charge < -0.3 is 14.4 Å². The summed E-state index contributed by atoms with van der Waals surface area (Å²) in [6, 6.07) is 19.2. The number of hydrogen-bond donors (Lipinski definition) is 1. The highest BCUT2D eigenvalue weighted by Crippen LogP contribution is 2.26. The van der Waals surface area contributed by atoms with Gasteiger partial charge in [0.15, 0.2) is 0 Å². The highest BCUT2D eigenvalue weighted by Gasteiger charge is 2.14. The van der Waals surface area contributed by atoms with Crippen molar-refractivity contribution in [2.24, 2.45) is 0 Å². The first-order chi connectivity index (χ1) is 15.4. The fraction of sp³-hybridized carbons (Fsp3) is 0.0800. The molecule has 0 unspecified atom stereocenters. The minimum absolute atomic E-state index is 0.0356. The molecule has 4 nitrogen and oxygen atoms in total. The van der Waals surface area contributed by atoms with Crippen molar-refractivity contribution in [3.63, 3.8) is 0 Å². The summed E-state index contributed by atoms with van der Waals surface area (Å²) in [5.74, 6) is -1.81. The standard InChI is InChI=1S/C25H18ClF2NO3/c26-20-6-1-16(2-7-20)13-29-14-19(11-24(29)25(30)31)17-4-9-22(10-5-17)32-15-18-3-8-21(27)12-23(18)28/h1-12,14H,13,15H2,(H,30,31). The molecule has 1 N–H and O–H groups in total. The Morgan fingerprint density at radius 2 is 1.66 bits per heavy atom. The van der Waals surface area contributed by atoms with Gasteiger partial charge in [-0.05, 0) is 53.6 Å². The lowest BCUT2D eigenvalue weighted by molar-refractivity contribution is 0.0685. The van der Waals surface area contributed by atoms with Crippen molar-refractivity contribution < 1.29 is 23.4 Å². The quantitative estimate of drug-likeness (QED) is 0.351. The van der Waals surface area contributed by atoms with Crippen LogP contribution in [0.3, 0.4) is 0 Å². The molecule has 0 saturated carbocycles. The predicted molar refractivity (Wildman–Crippen MR) is 118 cm³/mol. The van der Waals surface area contributed by atoms with Gasteiger partial charge in [0.25, 0.3) is 0 Å². The Morgan fingerprint density at radius 3 is 2.31 bits per heavy atom. The van der Waals surface area contributed by atoms with E-state index in [2.05, 4.69) is 0 Å². The first-order valence-corrected chi connectivity index (χ1v) is 10.1. The van der Waals surface area contributed by atoms with Crippen LogP contribution in [0, 0.1) is 11.6 Å². The first kappa shape index (κ1) is 21.6. The molecule has 4 aromatic rings. The molecular formula is C25H18ClF2NO3. The number of ether oxygens (including phenoxy) is 1. The monoisotopic (exact) mass is 453 g/mol. The van der Waals surface area contributed by atoms with Gasteiger partial charge in [-0.25, -0.2) is 13.6 Å². The van der Waals surface area contributed by atoms with Gasteiger partial charge in [0.1, 0.15) is 29.7 Å². The number of carbonyl (C=O) groups is 1. The molecule has 1 heterocycles. The first-order valence-electron chi connectivity index (χ1n) is 9.74. The lowest BCUT2D eigenvalue weighted by Crippen LogP contribution is -2.08. The Bertz CT molecular complexity index is 1250. The number of carboxylic acids is 1. The van der Waals surface area contributed by atoms with Gasteiger partial charge >= 0.3 is 5.97 Å². The molecule has 0 fully saturated rings. The molecule has 7 heteroatoms. The fourth-order valence-corrected chi connectivity index (χ4v) is 3.43. The fourth-order valence-electron chi connectivity index (χ4n) is 3.31. The number of benzene rings is 3. The molecule has 0 aliphatic rings. The molecule has 3 aromatic carbocycles. The van der Waals surface area contributed by atoms with Gasteiger partial charge in [0.2, 0.25) is 0 Å². The second-order valence-electron chi connectivity index (χ2n) is 7.22. The van der Waals surface area contributed by atoms with Crippen molar-refractivity contribution in [2.45, 2.75) is 13.2 Å². The molecule has 0 radical (unpaired) electrons. The number of rotatable bonds is 7. The number of hydrogen-bond acceptors (Lipinski definition) is 2. The third-order valence-corrected chi connectivity index (χ3v) is 5.23. The molecule has 1 aromatic heterocycles. The maximum absolute atomic E-state index is 13.7. The smallest absolute Gasteiger partial charge is 0.352 e. The summed E-state index contributed by atoms with van der Waals surface area (Å²) in [5, 5.41) is 10.2. The van der Waals surface area contributed by atoms with Gasteiger partial charge in [0, 0.05) is 35.0 Å². The predicted octanol–water partition coefficient (Wildman–Crippen LogP) is 6.41. The maximum atomic E-state index is 13.7. The molecule has 0 aliphatic carbocycles. The van der Waals surface area contributed by atoms with Crippen LogP contribution in [0.4, 0.5) is 8.78 Å². The molecule has 4 rings (SSSR count). The summed E-state index contributed by atoms with van der Waals surface area (Å²) in [7, 11) is 0. The lowest BCUT2D eigenvalue weighted by Gasteiger charge is -2.08. The van der Waals surface area contributed by atoms with E-state index in [0.29, 0.717) is 17.3 Å². The molecular weight excluding hydrogens is 436 g/mol. The molecule has 0 atom stereocenters. The van der Waals surface area contributed by atoms with Gasteiger partial charge in [-0.1, -0.05) is 35.9 Å². The Morgan fingerprint density at radius 1 is 0.938 bits per heavy atom. The third-order valence-electron chi connectivity index (χ3n) is 4.98. The third kappa shape index (κ3) is 4.98. The number of halogens is 3. The Balaban J connectivity index is 1.50. The number of aromatic nitrogens is 1. The Kier molecular flexibility index (Phi) is 6.23. The van der Waals surface area contributed by atoms with E-state index in [4.69, 9.17) is 16.3 Å². The van der Waals surface area contributed by atoms with Gasteiger partial charge in [-0.2, -0.15) is 0 Å². The van der Waals surface area contributed by atoms with Crippen molar-refractivity contribution in [2.75, 3.05) is 0 Å². The maximum Gasteiger partial charge on any atom is 0.352 e. The highest BCUT2D eigenvalue weighted by molar-refractivity contribution is 6.30. The second-order valence-corrected chi connectivity index (χ2v) is 7.66. The number of aromatic carboxylic acids is 1. The van der Waals surface area contributed by atoms with Gasteiger partial charge in [-0.3, -0.25) is 0 Å². The van der Waals surface area contributed by atoms with Crippen LogP contribution in [0.15, 0.2) is 79.0 Å². The molecule has 0 spiro atoms. The molecule has 32 heavy (non-hydrogen) atoms. The molecule has 0 aliphatic heterocycles. The zero-order valence-corrected chi connectivity index (χ0v) is 17.5. The van der Waals surface area contributed by atoms with E-state index in [-0.39, 0.29) is 17.9 Å². The summed E-state index contributed by atoms with van der Waals surface area (Å²) in [4.78, 5) is 11.7. The normalized spacial score (nSPS) is 10.8. The molecule has 162 valence electrons. The summed E-state index contributed by atoms with van der Waals surface area (Å²) >= 11 is 5.92. The van der Waals surface area contributed by atoms with Crippen LogP contribution in [0.25, 0.3) is 11.1 Å². The highest BCUT2D eigenvalue weighted by atomic mass is 35.5. The van der Waals surface area contributed by atoms with Crippen molar-refractivity contribution in [1.29, 1.82) is 0 Å². The number of nitrogens with zero attached hydrogens (tertiary/aromatic N) is 1. The van der Waals surface area contributed by atoms with Crippen LogP contribution in [0.5, 0.6) is 5.75 Å². The van der Waals surface area contributed by atoms with E-state index in [1.54, 1.807) is 53.2 Å². The summed E-state index contributed by atoms with van der Waals surface area (Å²) in [6.07, 6.45) is 1.78. The van der Waals surface area contributed by atoms with E-state index in [1.807, 2.05) is 12.1 Å². The van der Waals surface area contributed by atoms with Crippen LogP contribution in [0.1, 0.15) is 21.6 Å². The summed E-state index contributed by atoms with van der Waals surface area (Å²) in [6.45, 7) is 0.356. The van der Waals surface area contributed by atoms with Crippen LogP contribution >= 0.6 is 11.6 Å². The van der Waals surface area contributed by atoms with Crippen LogP contribution in [0.2, 0.25) is 5.02 Å². The summed E-state index contributed by atoms with van der Waals surface area (Å²) < 4.78 is 34.0. The largest absolute Gasteiger partial charge is 0.489 e. The van der Waals surface area contributed by atoms with Crippen molar-refractivity contribution in [3.8, 4) is 16.9 Å². The summed E-state index contributed by atoms with van der Waals surface area (Å²) in [5.41, 5.74) is 2.90. The number of carboxylic acid groups (broad SMARTS) is 1. The van der Waals surface area contributed by atoms with E-state index in [1.165, 1.54) is 12.1 Å². The topological polar surface area (TPSA) is 51.5 Å². The van der Waals surface area contributed by atoms with Crippen molar-refractivity contribution in [3.05, 3.63) is 112 Å². The molecule has 0 saturated heterocycles. The van der Waals surface area contributed by atoms with Crippen LogP contribution < -0.4 is 4.74 Å². The minimum Gasteiger partial charge on any atom is -0.489 e. The molecule has 0 bridgehead atoms. The Hall–Kier alpha value is -3.64. The average Bonchev–Trinajstić information content (AvgIpc) is 3.19. The zero-order valence-electron chi connectivity index (χ0n) is 16.8.